The van der Waals surface area contributed by atoms with Crippen LogP contribution in [0.3, 0.4) is 0 Å². The number of sulfonamides is 1. The lowest BCUT2D eigenvalue weighted by Crippen LogP contribution is -2.41. The van der Waals surface area contributed by atoms with Crippen molar-refractivity contribution in [2.24, 2.45) is 5.92 Å². The van der Waals surface area contributed by atoms with E-state index in [1.165, 1.54) is 0 Å². The maximum absolute atomic E-state index is 12.6. The second-order valence-corrected chi connectivity index (χ2v) is 8.09. The van der Waals surface area contributed by atoms with Gasteiger partial charge >= 0.3 is 0 Å². The van der Waals surface area contributed by atoms with Gasteiger partial charge < -0.3 is 5.32 Å². The number of nitrogens with one attached hydrogen (secondary N) is 1. The summed E-state index contributed by atoms with van der Waals surface area (Å²) in [5.41, 5.74) is 0. The van der Waals surface area contributed by atoms with Crippen molar-refractivity contribution in [3.63, 3.8) is 0 Å². The van der Waals surface area contributed by atoms with Crippen LogP contribution in [0.1, 0.15) is 12.8 Å². The van der Waals surface area contributed by atoms with Crippen LogP contribution in [0.2, 0.25) is 0 Å². The summed E-state index contributed by atoms with van der Waals surface area (Å²) < 4.78 is 27.7. The molecule has 0 unspecified atom stereocenters. The number of hydrogen-bond acceptors (Lipinski definition) is 3. The molecule has 2 aliphatic heterocycles. The molecule has 0 spiro atoms. The van der Waals surface area contributed by atoms with Crippen molar-refractivity contribution in [2.75, 3.05) is 19.6 Å². The highest BCUT2D eigenvalue weighted by molar-refractivity contribution is 9.10. The summed E-state index contributed by atoms with van der Waals surface area (Å²) in [7, 11) is -3.34. The van der Waals surface area contributed by atoms with Crippen LogP contribution < -0.4 is 5.32 Å². The smallest absolute Gasteiger partial charge is 0.243 e. The molecular weight excluding hydrogens is 328 g/mol. The maximum Gasteiger partial charge on any atom is 0.243 e. The van der Waals surface area contributed by atoms with E-state index in [0.29, 0.717) is 29.9 Å². The second kappa shape index (κ2) is 5.16. The van der Waals surface area contributed by atoms with E-state index in [1.807, 2.05) is 0 Å². The average Bonchev–Trinajstić information content (AvgIpc) is 2.83. The quantitative estimate of drug-likeness (QED) is 0.890. The molecule has 0 saturated carbocycles. The van der Waals surface area contributed by atoms with Crippen molar-refractivity contribution < 1.29 is 8.42 Å². The molecule has 3 rings (SSSR count). The van der Waals surface area contributed by atoms with E-state index in [1.54, 1.807) is 28.6 Å². The van der Waals surface area contributed by atoms with Gasteiger partial charge in [0.05, 0.1) is 4.90 Å². The second-order valence-electron chi connectivity index (χ2n) is 5.24. The normalized spacial score (nSPS) is 28.3. The molecule has 0 aliphatic carbocycles. The zero-order valence-electron chi connectivity index (χ0n) is 10.5. The number of fused-ring (bicyclic) bond motifs is 1. The van der Waals surface area contributed by atoms with Crippen LogP contribution >= 0.6 is 15.9 Å². The molecule has 0 bridgehead atoms. The molecule has 1 N–H and O–H groups in total. The van der Waals surface area contributed by atoms with E-state index in [2.05, 4.69) is 21.2 Å². The lowest BCUT2D eigenvalue weighted by molar-refractivity contribution is 0.339. The van der Waals surface area contributed by atoms with Crippen LogP contribution in [0, 0.1) is 5.92 Å². The van der Waals surface area contributed by atoms with Gasteiger partial charge in [-0.05, 0) is 49.6 Å². The molecular formula is C13H17BrN2O2S. The van der Waals surface area contributed by atoms with Crippen LogP contribution in [0.5, 0.6) is 0 Å². The zero-order valence-corrected chi connectivity index (χ0v) is 13.0. The van der Waals surface area contributed by atoms with Crippen LogP contribution in [0.4, 0.5) is 0 Å². The standard InChI is InChI=1S/C13H17BrN2O2S/c14-11-3-5-12(6-4-11)19(17,18)16-8-10-2-1-7-15-13(10)9-16/h3-6,10,13,15H,1-2,7-9H2/t10-,13+/m0/s1. The van der Waals surface area contributed by atoms with Crippen molar-refractivity contribution in [2.45, 2.75) is 23.8 Å². The Morgan fingerprint density at radius 3 is 2.63 bits per heavy atom. The van der Waals surface area contributed by atoms with Crippen LogP contribution in [0.25, 0.3) is 0 Å². The highest BCUT2D eigenvalue weighted by Crippen LogP contribution is 2.29. The van der Waals surface area contributed by atoms with Gasteiger partial charge in [-0.25, -0.2) is 8.42 Å². The third-order valence-electron chi connectivity index (χ3n) is 4.02. The molecule has 2 heterocycles. The molecule has 0 amide bonds. The largest absolute Gasteiger partial charge is 0.312 e. The maximum atomic E-state index is 12.6. The Morgan fingerprint density at radius 1 is 1.21 bits per heavy atom. The molecule has 2 atom stereocenters. The number of hydrogen-bond donors (Lipinski definition) is 1. The van der Waals surface area contributed by atoms with Crippen LogP contribution in [-0.4, -0.2) is 38.4 Å². The summed E-state index contributed by atoms with van der Waals surface area (Å²) in [5.74, 6) is 0.471. The predicted octanol–water partition coefficient (Wildman–Crippen LogP) is 1.82. The Kier molecular flexibility index (Phi) is 3.68. The van der Waals surface area contributed by atoms with Crippen molar-refractivity contribution >= 4 is 26.0 Å². The van der Waals surface area contributed by atoms with Crippen molar-refractivity contribution in [3.05, 3.63) is 28.7 Å². The number of nitrogens with zero attached hydrogens (tertiary/aromatic N) is 1. The van der Waals surface area contributed by atoms with E-state index in [4.69, 9.17) is 0 Å². The van der Waals surface area contributed by atoms with E-state index in [-0.39, 0.29) is 0 Å². The zero-order chi connectivity index (χ0) is 13.5. The molecule has 19 heavy (non-hydrogen) atoms. The lowest BCUT2D eigenvalue weighted by Gasteiger charge is -2.24. The summed E-state index contributed by atoms with van der Waals surface area (Å²) in [6.45, 7) is 2.26. The molecule has 2 saturated heterocycles. The number of rotatable bonds is 2. The molecule has 2 fully saturated rings. The minimum absolute atomic E-state index is 0.332. The molecule has 1 aromatic rings. The first-order chi connectivity index (χ1) is 9.07. The van der Waals surface area contributed by atoms with Gasteiger partial charge in [-0.3, -0.25) is 0 Å². The molecule has 4 nitrogen and oxygen atoms in total. The minimum Gasteiger partial charge on any atom is -0.312 e. The first-order valence-corrected chi connectivity index (χ1v) is 8.80. The van der Waals surface area contributed by atoms with Gasteiger partial charge in [0.25, 0.3) is 0 Å². The van der Waals surface area contributed by atoms with Gasteiger partial charge in [-0.15, -0.1) is 0 Å². The number of halogens is 1. The molecule has 0 radical (unpaired) electrons. The Balaban J connectivity index is 1.83. The van der Waals surface area contributed by atoms with Gasteiger partial charge in [0.15, 0.2) is 0 Å². The highest BCUT2D eigenvalue weighted by atomic mass is 79.9. The first kappa shape index (κ1) is 13.5. The lowest BCUT2D eigenvalue weighted by atomic mass is 9.94. The summed E-state index contributed by atoms with van der Waals surface area (Å²) >= 11 is 3.33. The third-order valence-corrected chi connectivity index (χ3v) is 6.39. The monoisotopic (exact) mass is 344 g/mol. The van der Waals surface area contributed by atoms with E-state index >= 15 is 0 Å². The summed E-state index contributed by atoms with van der Waals surface area (Å²) in [6.07, 6.45) is 2.28. The van der Waals surface area contributed by atoms with Crippen molar-refractivity contribution in [1.29, 1.82) is 0 Å². The minimum atomic E-state index is -3.34. The highest BCUT2D eigenvalue weighted by Gasteiger charge is 2.39. The first-order valence-electron chi connectivity index (χ1n) is 6.56. The van der Waals surface area contributed by atoms with Gasteiger partial charge in [0.2, 0.25) is 10.0 Å². The van der Waals surface area contributed by atoms with E-state index < -0.39 is 10.0 Å². The Hall–Kier alpha value is -0.430. The SMILES string of the molecule is O=S(=O)(c1ccc(Br)cc1)N1C[C@@H]2CCCN[C@@H]2C1. The topological polar surface area (TPSA) is 49.4 Å². The fourth-order valence-electron chi connectivity index (χ4n) is 2.96. The Labute approximate surface area is 122 Å². The van der Waals surface area contributed by atoms with Gasteiger partial charge in [0, 0.05) is 23.6 Å². The third kappa shape index (κ3) is 2.59. The van der Waals surface area contributed by atoms with Crippen molar-refractivity contribution in [1.82, 2.24) is 9.62 Å². The summed E-state index contributed by atoms with van der Waals surface area (Å²) in [6, 6.07) is 7.20. The van der Waals surface area contributed by atoms with Crippen LogP contribution in [-0.2, 0) is 10.0 Å². The van der Waals surface area contributed by atoms with Gasteiger partial charge in [-0.2, -0.15) is 4.31 Å². The molecule has 6 heteroatoms. The average molecular weight is 345 g/mol. The predicted molar refractivity (Wildman–Crippen MR) is 77.4 cm³/mol. The van der Waals surface area contributed by atoms with Crippen molar-refractivity contribution in [3.8, 4) is 0 Å². The summed E-state index contributed by atoms with van der Waals surface area (Å²) in [4.78, 5) is 0.384. The van der Waals surface area contributed by atoms with Gasteiger partial charge in [0.1, 0.15) is 0 Å². The number of benzene rings is 1. The molecule has 0 aromatic heterocycles. The van der Waals surface area contributed by atoms with Gasteiger partial charge in [-0.1, -0.05) is 15.9 Å². The van der Waals surface area contributed by atoms with E-state index in [9.17, 15) is 8.42 Å². The number of piperidine rings is 1. The molecule has 104 valence electrons. The molecule has 2 aliphatic rings. The fourth-order valence-corrected chi connectivity index (χ4v) is 4.75. The fraction of sp³-hybridized carbons (Fsp3) is 0.538. The van der Waals surface area contributed by atoms with E-state index in [0.717, 1.165) is 23.9 Å². The Morgan fingerprint density at radius 2 is 1.95 bits per heavy atom. The Bertz CT molecular complexity index is 545. The van der Waals surface area contributed by atoms with Crippen LogP contribution in [0.15, 0.2) is 33.6 Å². The molecule has 1 aromatic carbocycles. The summed E-state index contributed by atoms with van der Waals surface area (Å²) in [5, 5.41) is 3.43.